The summed E-state index contributed by atoms with van der Waals surface area (Å²) in [4.78, 5) is 36.6. The van der Waals surface area contributed by atoms with Crippen LogP contribution in [0.15, 0.2) is 24.3 Å². The Morgan fingerprint density at radius 2 is 2.04 bits per heavy atom. The molecular formula is C17H21NO6. The summed E-state index contributed by atoms with van der Waals surface area (Å²) in [6.07, 6.45) is 1.23. The summed E-state index contributed by atoms with van der Waals surface area (Å²) >= 11 is 0. The quantitative estimate of drug-likeness (QED) is 0.821. The van der Waals surface area contributed by atoms with E-state index in [1.807, 2.05) is 6.92 Å². The molecule has 2 unspecified atom stereocenters. The lowest BCUT2D eigenvalue weighted by atomic mass is 9.93. The van der Waals surface area contributed by atoms with Gasteiger partial charge in [-0.1, -0.05) is 6.07 Å². The summed E-state index contributed by atoms with van der Waals surface area (Å²) in [6, 6.07) is 6.46. The van der Waals surface area contributed by atoms with E-state index in [1.165, 1.54) is 7.11 Å². The van der Waals surface area contributed by atoms with E-state index in [0.29, 0.717) is 24.2 Å². The van der Waals surface area contributed by atoms with Crippen molar-refractivity contribution >= 4 is 17.8 Å². The number of esters is 1. The third-order valence-corrected chi connectivity index (χ3v) is 4.16. The minimum Gasteiger partial charge on any atom is -0.482 e. The number of hydrogen-bond donors (Lipinski definition) is 1. The van der Waals surface area contributed by atoms with Crippen molar-refractivity contribution < 1.29 is 29.0 Å². The predicted molar refractivity (Wildman–Crippen MR) is 84.8 cm³/mol. The molecule has 7 nitrogen and oxygen atoms in total. The Bertz CT molecular complexity index is 629. The van der Waals surface area contributed by atoms with E-state index < -0.39 is 17.9 Å². The van der Waals surface area contributed by atoms with E-state index in [2.05, 4.69) is 4.74 Å². The Morgan fingerprint density at radius 1 is 1.29 bits per heavy atom. The fourth-order valence-electron chi connectivity index (χ4n) is 2.68. The van der Waals surface area contributed by atoms with E-state index in [4.69, 9.17) is 4.74 Å². The van der Waals surface area contributed by atoms with Gasteiger partial charge in [0, 0.05) is 18.2 Å². The van der Waals surface area contributed by atoms with Gasteiger partial charge in [-0.15, -0.1) is 0 Å². The second-order valence-corrected chi connectivity index (χ2v) is 5.81. The molecule has 1 aromatic carbocycles. The minimum atomic E-state index is -0.880. The SMILES string of the molecule is COC(=O)COc1cccc(C(=O)N2CC(C(=O)O)CCC2C)c1. The number of benzene rings is 1. The normalized spacial score (nSPS) is 20.3. The molecule has 0 radical (unpaired) electrons. The van der Waals surface area contributed by atoms with Crippen LogP contribution in [0.5, 0.6) is 5.75 Å². The minimum absolute atomic E-state index is 0.0206. The van der Waals surface area contributed by atoms with E-state index in [1.54, 1.807) is 29.2 Å². The zero-order chi connectivity index (χ0) is 17.7. The highest BCUT2D eigenvalue weighted by molar-refractivity contribution is 5.95. The average Bonchev–Trinajstić information content (AvgIpc) is 2.59. The maximum Gasteiger partial charge on any atom is 0.343 e. The first-order valence-corrected chi connectivity index (χ1v) is 7.75. The summed E-state index contributed by atoms with van der Waals surface area (Å²) in [5.41, 5.74) is 0.398. The van der Waals surface area contributed by atoms with E-state index in [0.717, 1.165) is 0 Å². The second kappa shape index (κ2) is 7.81. The molecule has 1 aromatic rings. The topological polar surface area (TPSA) is 93.1 Å². The van der Waals surface area contributed by atoms with Gasteiger partial charge in [-0.25, -0.2) is 4.79 Å². The molecule has 1 aliphatic heterocycles. The highest BCUT2D eigenvalue weighted by Gasteiger charge is 2.33. The first-order chi connectivity index (χ1) is 11.4. The molecule has 1 aliphatic rings. The number of carbonyl (C=O) groups is 3. The van der Waals surface area contributed by atoms with Crippen LogP contribution < -0.4 is 4.74 Å². The zero-order valence-electron chi connectivity index (χ0n) is 13.7. The molecule has 0 aromatic heterocycles. The molecule has 1 N–H and O–H groups in total. The summed E-state index contributed by atoms with van der Waals surface area (Å²) in [7, 11) is 1.27. The van der Waals surface area contributed by atoms with E-state index in [-0.39, 0.29) is 25.1 Å². The number of rotatable bonds is 5. The number of amides is 1. The Hall–Kier alpha value is -2.57. The van der Waals surface area contributed by atoms with Gasteiger partial charge in [0.2, 0.25) is 0 Å². The van der Waals surface area contributed by atoms with E-state index >= 15 is 0 Å². The van der Waals surface area contributed by atoms with Crippen LogP contribution in [0.2, 0.25) is 0 Å². The van der Waals surface area contributed by atoms with Gasteiger partial charge < -0.3 is 19.5 Å². The van der Waals surface area contributed by atoms with Gasteiger partial charge in [0.05, 0.1) is 13.0 Å². The summed E-state index contributed by atoms with van der Waals surface area (Å²) in [6.45, 7) is 1.87. The van der Waals surface area contributed by atoms with Crippen molar-refractivity contribution in [1.82, 2.24) is 4.90 Å². The molecule has 24 heavy (non-hydrogen) atoms. The smallest absolute Gasteiger partial charge is 0.343 e. The second-order valence-electron chi connectivity index (χ2n) is 5.81. The van der Waals surface area contributed by atoms with Gasteiger partial charge in [0.15, 0.2) is 6.61 Å². The van der Waals surface area contributed by atoms with Crippen molar-refractivity contribution in [3.63, 3.8) is 0 Å². The number of piperidine rings is 1. The Kier molecular flexibility index (Phi) is 5.78. The van der Waals surface area contributed by atoms with Gasteiger partial charge in [-0.3, -0.25) is 9.59 Å². The van der Waals surface area contributed by atoms with Crippen LogP contribution in [0, 0.1) is 5.92 Å². The van der Waals surface area contributed by atoms with Gasteiger partial charge in [0.1, 0.15) is 5.75 Å². The molecular weight excluding hydrogens is 314 g/mol. The molecule has 130 valence electrons. The highest BCUT2D eigenvalue weighted by atomic mass is 16.6. The third kappa shape index (κ3) is 4.24. The molecule has 7 heteroatoms. The van der Waals surface area contributed by atoms with Gasteiger partial charge in [-0.05, 0) is 38.0 Å². The van der Waals surface area contributed by atoms with Crippen molar-refractivity contribution in [1.29, 1.82) is 0 Å². The number of ether oxygens (including phenoxy) is 2. The van der Waals surface area contributed by atoms with E-state index in [9.17, 15) is 19.5 Å². The van der Waals surface area contributed by atoms with Crippen molar-refractivity contribution in [2.24, 2.45) is 5.92 Å². The van der Waals surface area contributed by atoms with Crippen molar-refractivity contribution in [2.45, 2.75) is 25.8 Å². The molecule has 1 heterocycles. The number of nitrogens with zero attached hydrogens (tertiary/aromatic N) is 1. The third-order valence-electron chi connectivity index (χ3n) is 4.16. The fraction of sp³-hybridized carbons (Fsp3) is 0.471. The summed E-state index contributed by atoms with van der Waals surface area (Å²) < 4.78 is 9.78. The molecule has 0 aliphatic carbocycles. The number of carbonyl (C=O) groups excluding carboxylic acids is 2. The Morgan fingerprint density at radius 3 is 2.71 bits per heavy atom. The van der Waals surface area contributed by atoms with Gasteiger partial charge >= 0.3 is 11.9 Å². The molecule has 1 fully saturated rings. The summed E-state index contributed by atoms with van der Waals surface area (Å²) in [5, 5.41) is 9.18. The Labute approximate surface area is 140 Å². The van der Waals surface area contributed by atoms with Gasteiger partial charge in [0.25, 0.3) is 5.91 Å². The van der Waals surface area contributed by atoms with Crippen LogP contribution in [0.25, 0.3) is 0 Å². The molecule has 0 spiro atoms. The zero-order valence-corrected chi connectivity index (χ0v) is 13.7. The van der Waals surface area contributed by atoms with Crippen LogP contribution in [0.3, 0.4) is 0 Å². The van der Waals surface area contributed by atoms with Crippen molar-refractivity contribution in [2.75, 3.05) is 20.3 Å². The lowest BCUT2D eigenvalue weighted by molar-refractivity contribution is -0.144. The average molecular weight is 335 g/mol. The molecule has 1 amide bonds. The van der Waals surface area contributed by atoms with Crippen molar-refractivity contribution in [3.05, 3.63) is 29.8 Å². The molecule has 2 atom stereocenters. The van der Waals surface area contributed by atoms with Crippen LogP contribution >= 0.6 is 0 Å². The van der Waals surface area contributed by atoms with Crippen LogP contribution in [0.4, 0.5) is 0 Å². The monoisotopic (exact) mass is 335 g/mol. The first kappa shape index (κ1) is 17.8. The largest absolute Gasteiger partial charge is 0.482 e. The number of aliphatic carboxylic acids is 1. The van der Waals surface area contributed by atoms with Crippen LogP contribution in [0.1, 0.15) is 30.1 Å². The molecule has 2 rings (SSSR count). The van der Waals surface area contributed by atoms with Gasteiger partial charge in [-0.2, -0.15) is 0 Å². The Balaban J connectivity index is 2.10. The molecule has 0 bridgehead atoms. The predicted octanol–water partition coefficient (Wildman–Crippen LogP) is 1.56. The number of carboxylic acid groups (broad SMARTS) is 1. The first-order valence-electron chi connectivity index (χ1n) is 7.75. The molecule has 0 saturated carbocycles. The van der Waals surface area contributed by atoms with Crippen LogP contribution in [-0.2, 0) is 14.3 Å². The highest BCUT2D eigenvalue weighted by Crippen LogP contribution is 2.25. The van der Waals surface area contributed by atoms with Crippen LogP contribution in [-0.4, -0.2) is 54.2 Å². The lowest BCUT2D eigenvalue weighted by Gasteiger charge is -2.36. The molecule has 1 saturated heterocycles. The summed E-state index contributed by atoms with van der Waals surface area (Å²) in [5.74, 6) is -1.79. The number of likely N-dealkylation sites (tertiary alicyclic amines) is 1. The fourth-order valence-corrected chi connectivity index (χ4v) is 2.68. The number of methoxy groups -OCH3 is 1. The maximum absolute atomic E-state index is 12.7. The maximum atomic E-state index is 12.7. The van der Waals surface area contributed by atoms with Crippen molar-refractivity contribution in [3.8, 4) is 5.75 Å². The lowest BCUT2D eigenvalue weighted by Crippen LogP contribution is -2.47. The number of hydrogen-bond acceptors (Lipinski definition) is 5. The number of carboxylic acids is 1. The standard InChI is InChI=1S/C17H21NO6/c1-11-6-7-13(17(21)22)9-18(11)16(20)12-4-3-5-14(8-12)24-10-15(19)23-2/h3-5,8,11,13H,6-7,9-10H2,1-2H3,(H,21,22).